The highest BCUT2D eigenvalue weighted by atomic mass is 35.5. The molecule has 4 rings (SSSR count). The summed E-state index contributed by atoms with van der Waals surface area (Å²) < 4.78 is 51.5. The molecule has 12 heteroatoms. The van der Waals surface area contributed by atoms with Gasteiger partial charge < -0.3 is 15.1 Å². The molecule has 0 spiro atoms. The SMILES string of the molecule is CC(F)(F)C1CCN(C(=O)CC2CCN(c3ncc(S(C)(=O)=O)cc3NC(=O)c3cccc(Cl)c3)CC2)CC1. The number of halogens is 3. The topological polar surface area (TPSA) is 99.7 Å². The third-order valence-corrected chi connectivity index (χ3v) is 8.86. The van der Waals surface area contributed by atoms with Crippen molar-refractivity contribution in [2.24, 2.45) is 11.8 Å². The molecule has 2 aliphatic rings. The van der Waals surface area contributed by atoms with Crippen LogP contribution in [0.25, 0.3) is 0 Å². The minimum atomic E-state index is -3.56. The highest BCUT2D eigenvalue weighted by Gasteiger charge is 2.37. The molecule has 2 saturated heterocycles. The van der Waals surface area contributed by atoms with Crippen molar-refractivity contribution < 1.29 is 26.8 Å². The number of carbonyl (C=O) groups is 2. The van der Waals surface area contributed by atoms with E-state index in [9.17, 15) is 26.8 Å². The lowest BCUT2D eigenvalue weighted by atomic mass is 9.89. The van der Waals surface area contributed by atoms with Gasteiger partial charge >= 0.3 is 0 Å². The molecule has 0 radical (unpaired) electrons. The second-order valence-electron chi connectivity index (χ2n) is 10.5. The zero-order valence-corrected chi connectivity index (χ0v) is 23.6. The Hall–Kier alpha value is -2.79. The molecule has 0 unspecified atom stereocenters. The zero-order valence-electron chi connectivity index (χ0n) is 22.0. The summed E-state index contributed by atoms with van der Waals surface area (Å²) in [4.78, 5) is 33.8. The van der Waals surface area contributed by atoms with E-state index in [1.807, 2.05) is 4.90 Å². The standard InChI is InChI=1S/C27H33ClF2N4O4S/c1-27(29,30)20-8-12-33(13-9-20)24(35)14-18-6-10-34(11-7-18)25-23(16-22(17-31-25)39(2,37)38)32-26(36)19-4-3-5-21(28)15-19/h3-5,15-18,20H,6-14H2,1-2H3,(H,32,36). The molecule has 2 amide bonds. The number of amides is 2. The van der Waals surface area contributed by atoms with Gasteiger partial charge in [-0.15, -0.1) is 0 Å². The van der Waals surface area contributed by atoms with Gasteiger partial charge in [0.2, 0.25) is 11.8 Å². The average molecular weight is 583 g/mol. The summed E-state index contributed by atoms with van der Waals surface area (Å²) in [5.74, 6) is -3.27. The lowest BCUT2D eigenvalue weighted by Crippen LogP contribution is -2.43. The number of alkyl halides is 2. The molecular formula is C27H33ClF2N4O4S. The summed E-state index contributed by atoms with van der Waals surface area (Å²) in [6.45, 7) is 2.79. The number of rotatable bonds is 7. The first-order valence-electron chi connectivity index (χ1n) is 13.0. The first-order valence-corrected chi connectivity index (χ1v) is 15.3. The molecule has 0 atom stereocenters. The minimum Gasteiger partial charge on any atom is -0.355 e. The predicted molar refractivity (Wildman–Crippen MR) is 146 cm³/mol. The average Bonchev–Trinajstić information content (AvgIpc) is 2.88. The monoisotopic (exact) mass is 582 g/mol. The van der Waals surface area contributed by atoms with Crippen molar-refractivity contribution in [2.75, 3.05) is 42.7 Å². The number of likely N-dealkylation sites (tertiary alicyclic amines) is 1. The lowest BCUT2D eigenvalue weighted by molar-refractivity contribution is -0.136. The van der Waals surface area contributed by atoms with E-state index in [2.05, 4.69) is 10.3 Å². The van der Waals surface area contributed by atoms with E-state index in [1.165, 1.54) is 18.3 Å². The van der Waals surface area contributed by atoms with Crippen molar-refractivity contribution in [2.45, 2.75) is 49.8 Å². The third-order valence-electron chi connectivity index (χ3n) is 7.55. The number of carbonyl (C=O) groups excluding carboxylic acids is 2. The van der Waals surface area contributed by atoms with Gasteiger partial charge in [0.05, 0.1) is 10.6 Å². The number of benzene rings is 1. The number of pyridine rings is 1. The maximum Gasteiger partial charge on any atom is 0.255 e. The van der Waals surface area contributed by atoms with E-state index in [4.69, 9.17) is 11.6 Å². The van der Waals surface area contributed by atoms with Crippen LogP contribution in [-0.2, 0) is 14.6 Å². The van der Waals surface area contributed by atoms with E-state index >= 15 is 0 Å². The molecule has 0 saturated carbocycles. The van der Waals surface area contributed by atoms with Crippen molar-refractivity contribution in [3.8, 4) is 0 Å². The van der Waals surface area contributed by atoms with E-state index in [1.54, 1.807) is 23.1 Å². The molecule has 39 heavy (non-hydrogen) atoms. The van der Waals surface area contributed by atoms with Gasteiger partial charge in [0.15, 0.2) is 15.7 Å². The summed E-state index contributed by atoms with van der Waals surface area (Å²) in [5.41, 5.74) is 0.593. The maximum atomic E-state index is 13.6. The number of nitrogens with zero attached hydrogens (tertiary/aromatic N) is 3. The normalized spacial score (nSPS) is 17.8. The Balaban J connectivity index is 1.41. The fourth-order valence-corrected chi connectivity index (χ4v) is 5.94. The van der Waals surface area contributed by atoms with Crippen molar-refractivity contribution in [1.29, 1.82) is 0 Å². The second kappa shape index (κ2) is 11.8. The van der Waals surface area contributed by atoms with Gasteiger partial charge in [0, 0.05) is 61.6 Å². The molecule has 8 nitrogen and oxygen atoms in total. The Morgan fingerprint density at radius 2 is 1.77 bits per heavy atom. The van der Waals surface area contributed by atoms with Crippen LogP contribution in [0.3, 0.4) is 0 Å². The Morgan fingerprint density at radius 3 is 2.36 bits per heavy atom. The van der Waals surface area contributed by atoms with Crippen LogP contribution < -0.4 is 10.2 Å². The highest BCUT2D eigenvalue weighted by Crippen LogP contribution is 2.34. The summed E-state index contributed by atoms with van der Waals surface area (Å²) in [7, 11) is -3.56. The smallest absolute Gasteiger partial charge is 0.255 e. The van der Waals surface area contributed by atoms with Gasteiger partial charge in [-0.25, -0.2) is 22.2 Å². The van der Waals surface area contributed by atoms with E-state index < -0.39 is 27.6 Å². The number of aromatic nitrogens is 1. The van der Waals surface area contributed by atoms with Crippen molar-refractivity contribution in [3.63, 3.8) is 0 Å². The molecule has 1 aromatic heterocycles. The highest BCUT2D eigenvalue weighted by molar-refractivity contribution is 7.90. The molecule has 2 aliphatic heterocycles. The van der Waals surface area contributed by atoms with Crippen LogP contribution in [0.2, 0.25) is 5.02 Å². The van der Waals surface area contributed by atoms with Crippen LogP contribution in [0.1, 0.15) is 49.4 Å². The van der Waals surface area contributed by atoms with E-state index in [0.29, 0.717) is 74.7 Å². The third kappa shape index (κ3) is 7.45. The number of hydrogen-bond acceptors (Lipinski definition) is 6. The molecular weight excluding hydrogens is 550 g/mol. The van der Waals surface area contributed by atoms with Crippen molar-refractivity contribution >= 4 is 44.8 Å². The van der Waals surface area contributed by atoms with Crippen molar-refractivity contribution in [1.82, 2.24) is 9.88 Å². The van der Waals surface area contributed by atoms with Crippen LogP contribution in [0.4, 0.5) is 20.3 Å². The molecule has 2 aromatic rings. The molecule has 1 N–H and O–H groups in total. The second-order valence-corrected chi connectivity index (χ2v) is 13.0. The van der Waals surface area contributed by atoms with Gasteiger partial charge in [-0.1, -0.05) is 17.7 Å². The first kappa shape index (κ1) is 29.2. The van der Waals surface area contributed by atoms with Gasteiger partial charge in [-0.05, 0) is 62.8 Å². The maximum absolute atomic E-state index is 13.6. The van der Waals surface area contributed by atoms with Crippen LogP contribution >= 0.6 is 11.6 Å². The molecule has 1 aromatic carbocycles. The molecule has 0 bridgehead atoms. The quantitative estimate of drug-likeness (QED) is 0.499. The number of hydrogen-bond donors (Lipinski definition) is 1. The van der Waals surface area contributed by atoms with Crippen LogP contribution in [0, 0.1) is 11.8 Å². The Morgan fingerprint density at radius 1 is 1.10 bits per heavy atom. The molecule has 3 heterocycles. The van der Waals surface area contributed by atoms with Gasteiger partial charge in [-0.3, -0.25) is 9.59 Å². The van der Waals surface area contributed by atoms with Gasteiger partial charge in [0.1, 0.15) is 0 Å². The van der Waals surface area contributed by atoms with Gasteiger partial charge in [0.25, 0.3) is 5.91 Å². The number of sulfone groups is 1. The fraction of sp³-hybridized carbons (Fsp3) is 0.519. The largest absolute Gasteiger partial charge is 0.355 e. The van der Waals surface area contributed by atoms with Crippen LogP contribution in [0.15, 0.2) is 41.4 Å². The van der Waals surface area contributed by atoms with E-state index in [-0.39, 0.29) is 22.4 Å². The molecule has 2 fully saturated rings. The minimum absolute atomic E-state index is 0.00331. The number of nitrogens with one attached hydrogen (secondary N) is 1. The summed E-state index contributed by atoms with van der Waals surface area (Å²) in [6.07, 6.45) is 4.74. The Bertz CT molecular complexity index is 1320. The fourth-order valence-electron chi connectivity index (χ4n) is 5.17. The lowest BCUT2D eigenvalue weighted by Gasteiger charge is -2.37. The predicted octanol–water partition coefficient (Wildman–Crippen LogP) is 4.89. The Labute approximate surface area is 232 Å². The molecule has 212 valence electrons. The van der Waals surface area contributed by atoms with Crippen LogP contribution in [-0.4, -0.2) is 68.5 Å². The number of anilines is 2. The summed E-state index contributed by atoms with van der Waals surface area (Å²) in [5, 5.41) is 3.18. The van der Waals surface area contributed by atoms with Crippen LogP contribution in [0.5, 0.6) is 0 Å². The zero-order chi connectivity index (χ0) is 28.4. The van der Waals surface area contributed by atoms with Crippen molar-refractivity contribution in [3.05, 3.63) is 47.1 Å². The Kier molecular flexibility index (Phi) is 8.80. The van der Waals surface area contributed by atoms with Gasteiger partial charge in [-0.2, -0.15) is 0 Å². The first-order chi connectivity index (χ1) is 18.3. The number of piperidine rings is 2. The summed E-state index contributed by atoms with van der Waals surface area (Å²) in [6, 6.07) is 7.82. The molecule has 0 aliphatic carbocycles. The van der Waals surface area contributed by atoms with E-state index in [0.717, 1.165) is 13.2 Å². The summed E-state index contributed by atoms with van der Waals surface area (Å²) >= 11 is 6.02.